The van der Waals surface area contributed by atoms with E-state index in [9.17, 15) is 0 Å². The van der Waals surface area contributed by atoms with Gasteiger partial charge in [-0.2, -0.15) is 4.98 Å². The molecule has 18 heavy (non-hydrogen) atoms. The molecule has 2 aromatic rings. The highest BCUT2D eigenvalue weighted by atomic mass is 32.1. The molecule has 0 fully saturated rings. The highest BCUT2D eigenvalue weighted by Gasteiger charge is 2.07. The third-order valence-corrected chi connectivity index (χ3v) is 3.08. The number of nitrogens with zero attached hydrogens (tertiary/aromatic N) is 4. The van der Waals surface area contributed by atoms with Gasteiger partial charge in [-0.1, -0.05) is 5.16 Å². The SMILES string of the molecule is CN(C)Cc1noc(CCCc2csc(N)n2)n1. The summed E-state index contributed by atoms with van der Waals surface area (Å²) in [6.45, 7) is 0.701. The number of aromatic nitrogens is 3. The molecule has 0 aliphatic heterocycles. The van der Waals surface area contributed by atoms with Crippen LogP contribution in [0.15, 0.2) is 9.90 Å². The van der Waals surface area contributed by atoms with Crippen LogP contribution in [0.2, 0.25) is 0 Å². The summed E-state index contributed by atoms with van der Waals surface area (Å²) < 4.78 is 5.18. The predicted molar refractivity (Wildman–Crippen MR) is 70.2 cm³/mol. The summed E-state index contributed by atoms with van der Waals surface area (Å²) in [4.78, 5) is 10.5. The number of aryl methyl sites for hydroxylation is 2. The monoisotopic (exact) mass is 267 g/mol. The van der Waals surface area contributed by atoms with E-state index < -0.39 is 0 Å². The molecule has 0 aromatic carbocycles. The summed E-state index contributed by atoms with van der Waals surface area (Å²) in [5, 5.41) is 6.53. The van der Waals surface area contributed by atoms with Crippen molar-refractivity contribution in [1.82, 2.24) is 20.0 Å². The zero-order valence-electron chi connectivity index (χ0n) is 10.6. The molecule has 0 atom stereocenters. The number of anilines is 1. The zero-order chi connectivity index (χ0) is 13.0. The number of nitrogens with two attached hydrogens (primary N) is 1. The Morgan fingerprint density at radius 3 is 2.83 bits per heavy atom. The Hall–Kier alpha value is -1.47. The van der Waals surface area contributed by atoms with E-state index in [0.29, 0.717) is 17.6 Å². The van der Waals surface area contributed by atoms with E-state index in [0.717, 1.165) is 30.8 Å². The van der Waals surface area contributed by atoms with E-state index in [1.807, 2.05) is 24.4 Å². The standard InChI is InChI=1S/C11H17N5OS/c1-16(2)6-9-14-10(17-15-9)5-3-4-8-7-18-11(12)13-8/h7H,3-6H2,1-2H3,(H2,12,13). The molecule has 2 rings (SSSR count). The van der Waals surface area contributed by atoms with Crippen molar-refractivity contribution in [3.63, 3.8) is 0 Å². The number of hydrogen-bond acceptors (Lipinski definition) is 7. The minimum absolute atomic E-state index is 0.621. The van der Waals surface area contributed by atoms with Gasteiger partial charge in [0.15, 0.2) is 11.0 Å². The van der Waals surface area contributed by atoms with Gasteiger partial charge >= 0.3 is 0 Å². The Morgan fingerprint density at radius 1 is 1.33 bits per heavy atom. The van der Waals surface area contributed by atoms with Gasteiger partial charge < -0.3 is 15.2 Å². The Balaban J connectivity index is 1.78. The molecule has 2 heterocycles. The zero-order valence-corrected chi connectivity index (χ0v) is 11.4. The molecule has 0 aliphatic rings. The Morgan fingerprint density at radius 2 is 2.17 bits per heavy atom. The van der Waals surface area contributed by atoms with Crippen LogP contribution >= 0.6 is 11.3 Å². The van der Waals surface area contributed by atoms with Gasteiger partial charge in [-0.15, -0.1) is 11.3 Å². The molecule has 0 aliphatic carbocycles. The fourth-order valence-corrected chi connectivity index (χ4v) is 2.19. The van der Waals surface area contributed by atoms with E-state index in [2.05, 4.69) is 15.1 Å². The molecule has 7 heteroatoms. The summed E-state index contributed by atoms with van der Waals surface area (Å²) in [6.07, 6.45) is 2.60. The van der Waals surface area contributed by atoms with Gasteiger partial charge in [-0.3, -0.25) is 0 Å². The molecule has 2 N–H and O–H groups in total. The fraction of sp³-hybridized carbons (Fsp3) is 0.545. The summed E-state index contributed by atoms with van der Waals surface area (Å²) in [6, 6.07) is 0. The molecule has 0 saturated heterocycles. The van der Waals surface area contributed by atoms with Crippen LogP contribution in [0, 0.1) is 0 Å². The minimum Gasteiger partial charge on any atom is -0.375 e. The van der Waals surface area contributed by atoms with Crippen LogP contribution in [0.1, 0.15) is 23.8 Å². The highest BCUT2D eigenvalue weighted by molar-refractivity contribution is 7.13. The lowest BCUT2D eigenvalue weighted by molar-refractivity contribution is 0.347. The smallest absolute Gasteiger partial charge is 0.226 e. The number of hydrogen-bond donors (Lipinski definition) is 1. The lowest BCUT2D eigenvalue weighted by atomic mass is 10.2. The van der Waals surface area contributed by atoms with Crippen LogP contribution in [0.5, 0.6) is 0 Å². The van der Waals surface area contributed by atoms with Gasteiger partial charge in [0.2, 0.25) is 5.89 Å². The van der Waals surface area contributed by atoms with E-state index in [1.165, 1.54) is 11.3 Å². The van der Waals surface area contributed by atoms with E-state index in [4.69, 9.17) is 10.3 Å². The van der Waals surface area contributed by atoms with Crippen LogP contribution in [0.4, 0.5) is 5.13 Å². The lowest BCUT2D eigenvalue weighted by Gasteiger charge is -2.03. The summed E-state index contributed by atoms with van der Waals surface area (Å²) in [5.74, 6) is 1.42. The van der Waals surface area contributed by atoms with Crippen molar-refractivity contribution in [2.45, 2.75) is 25.8 Å². The lowest BCUT2D eigenvalue weighted by Crippen LogP contribution is -2.11. The topological polar surface area (TPSA) is 81.1 Å². The summed E-state index contributed by atoms with van der Waals surface area (Å²) >= 11 is 1.47. The molecule has 98 valence electrons. The van der Waals surface area contributed by atoms with Crippen molar-refractivity contribution in [1.29, 1.82) is 0 Å². The molecule has 0 radical (unpaired) electrons. The third-order valence-electron chi connectivity index (χ3n) is 2.36. The molecule has 6 nitrogen and oxygen atoms in total. The van der Waals surface area contributed by atoms with Crippen molar-refractivity contribution in [3.05, 3.63) is 22.8 Å². The van der Waals surface area contributed by atoms with Crippen LogP contribution in [0.3, 0.4) is 0 Å². The van der Waals surface area contributed by atoms with Crippen molar-refractivity contribution in [3.8, 4) is 0 Å². The van der Waals surface area contributed by atoms with Crippen LogP contribution < -0.4 is 5.73 Å². The van der Waals surface area contributed by atoms with E-state index in [1.54, 1.807) is 0 Å². The fourth-order valence-electron chi connectivity index (χ4n) is 1.60. The molecule has 0 amide bonds. The van der Waals surface area contributed by atoms with Crippen LogP contribution in [-0.4, -0.2) is 34.1 Å². The first kappa shape index (κ1) is 13.0. The average Bonchev–Trinajstić information content (AvgIpc) is 2.88. The first-order valence-electron chi connectivity index (χ1n) is 5.79. The van der Waals surface area contributed by atoms with Gasteiger partial charge in [0.05, 0.1) is 12.2 Å². The Labute approximate surface area is 110 Å². The van der Waals surface area contributed by atoms with Crippen molar-refractivity contribution >= 4 is 16.5 Å². The van der Waals surface area contributed by atoms with Gasteiger partial charge in [-0.05, 0) is 26.9 Å². The number of thiazole rings is 1. The van der Waals surface area contributed by atoms with Crippen molar-refractivity contribution < 1.29 is 4.52 Å². The maximum atomic E-state index is 5.57. The largest absolute Gasteiger partial charge is 0.375 e. The van der Waals surface area contributed by atoms with Crippen molar-refractivity contribution in [2.24, 2.45) is 0 Å². The summed E-state index contributed by atoms with van der Waals surface area (Å²) in [5.41, 5.74) is 6.61. The number of nitrogen functional groups attached to an aromatic ring is 1. The van der Waals surface area contributed by atoms with E-state index in [-0.39, 0.29) is 0 Å². The first-order valence-corrected chi connectivity index (χ1v) is 6.67. The maximum Gasteiger partial charge on any atom is 0.226 e. The third kappa shape index (κ3) is 3.78. The second-order valence-corrected chi connectivity index (χ2v) is 5.26. The molecule has 2 aromatic heterocycles. The van der Waals surface area contributed by atoms with Crippen LogP contribution in [-0.2, 0) is 19.4 Å². The first-order chi connectivity index (χ1) is 8.63. The van der Waals surface area contributed by atoms with Gasteiger partial charge in [0.25, 0.3) is 0 Å². The second-order valence-electron chi connectivity index (χ2n) is 4.37. The molecule has 0 spiro atoms. The van der Waals surface area contributed by atoms with Gasteiger partial charge in [-0.25, -0.2) is 4.98 Å². The Bertz CT molecular complexity index is 493. The highest BCUT2D eigenvalue weighted by Crippen LogP contribution is 2.13. The van der Waals surface area contributed by atoms with Crippen molar-refractivity contribution in [2.75, 3.05) is 19.8 Å². The van der Waals surface area contributed by atoms with Gasteiger partial charge in [0.1, 0.15) is 0 Å². The maximum absolute atomic E-state index is 5.57. The van der Waals surface area contributed by atoms with Crippen LogP contribution in [0.25, 0.3) is 0 Å². The quantitative estimate of drug-likeness (QED) is 0.850. The normalized spacial score (nSPS) is 11.3. The average molecular weight is 267 g/mol. The van der Waals surface area contributed by atoms with Gasteiger partial charge in [0, 0.05) is 11.8 Å². The summed E-state index contributed by atoms with van der Waals surface area (Å²) in [7, 11) is 3.95. The molecule has 0 unspecified atom stereocenters. The molecular formula is C11H17N5OS. The molecule has 0 saturated carbocycles. The predicted octanol–water partition coefficient (Wildman–Crippen LogP) is 1.35. The number of rotatable bonds is 6. The molecular weight excluding hydrogens is 250 g/mol. The van der Waals surface area contributed by atoms with E-state index >= 15 is 0 Å². The molecule has 0 bridgehead atoms. The minimum atomic E-state index is 0.621. The second kappa shape index (κ2) is 5.92. The Kier molecular flexibility index (Phi) is 4.27.